The third-order valence-corrected chi connectivity index (χ3v) is 1.80. The first-order chi connectivity index (χ1) is 5.40. The summed E-state index contributed by atoms with van der Waals surface area (Å²) in [6, 6.07) is 0.156. The second-order valence-electron chi connectivity index (χ2n) is 3.59. The maximum Gasteiger partial charge on any atom is 0.310 e. The van der Waals surface area contributed by atoms with Crippen molar-refractivity contribution in [2.75, 3.05) is 6.54 Å². The summed E-state index contributed by atoms with van der Waals surface area (Å²) in [4.78, 5) is 10.7. The van der Waals surface area contributed by atoms with Crippen LogP contribution in [0.1, 0.15) is 20.8 Å². The third kappa shape index (κ3) is 3.53. The molecule has 70 valence electrons. The first kappa shape index (κ1) is 11.2. The van der Waals surface area contributed by atoms with Gasteiger partial charge in [0.1, 0.15) is 0 Å². The van der Waals surface area contributed by atoms with Gasteiger partial charge in [0.25, 0.3) is 0 Å². The molecule has 0 rings (SSSR count). The van der Waals surface area contributed by atoms with Gasteiger partial charge in [0.05, 0.1) is 5.41 Å². The van der Waals surface area contributed by atoms with Crippen molar-refractivity contribution in [3.8, 4) is 0 Å². The van der Waals surface area contributed by atoms with Gasteiger partial charge in [0, 0.05) is 12.6 Å². The third-order valence-electron chi connectivity index (χ3n) is 1.80. The first-order valence-corrected chi connectivity index (χ1v) is 3.99. The molecular weight excluding hydrogens is 154 g/mol. The van der Waals surface area contributed by atoms with Gasteiger partial charge in [-0.1, -0.05) is 6.08 Å². The average molecular weight is 171 g/mol. The number of nitrogens with one attached hydrogen (secondary N) is 1. The van der Waals surface area contributed by atoms with Crippen LogP contribution >= 0.6 is 0 Å². The Labute approximate surface area is 73.5 Å². The summed E-state index contributed by atoms with van der Waals surface area (Å²) in [6.07, 6.45) is 1.75. The lowest BCUT2D eigenvalue weighted by Crippen LogP contribution is -2.39. The van der Waals surface area contributed by atoms with Crippen molar-refractivity contribution in [1.82, 2.24) is 5.32 Å². The molecule has 12 heavy (non-hydrogen) atoms. The summed E-state index contributed by atoms with van der Waals surface area (Å²) < 4.78 is 0. The molecule has 1 atom stereocenters. The minimum Gasteiger partial charge on any atom is -0.481 e. The van der Waals surface area contributed by atoms with Gasteiger partial charge in [-0.2, -0.15) is 0 Å². The zero-order valence-corrected chi connectivity index (χ0v) is 7.92. The summed E-state index contributed by atoms with van der Waals surface area (Å²) in [5.74, 6) is -0.786. The molecule has 0 aromatic heterocycles. The molecule has 0 saturated heterocycles. The molecule has 1 unspecified atom stereocenters. The predicted molar refractivity (Wildman–Crippen MR) is 49.1 cm³/mol. The van der Waals surface area contributed by atoms with Gasteiger partial charge in [-0.3, -0.25) is 4.79 Å². The molecule has 0 bridgehead atoms. The highest BCUT2D eigenvalue weighted by Gasteiger charge is 2.26. The van der Waals surface area contributed by atoms with Gasteiger partial charge >= 0.3 is 5.97 Å². The molecule has 0 radical (unpaired) electrons. The molecule has 3 heteroatoms. The van der Waals surface area contributed by atoms with Gasteiger partial charge in [0.2, 0.25) is 0 Å². The van der Waals surface area contributed by atoms with Crippen molar-refractivity contribution in [3.63, 3.8) is 0 Å². The van der Waals surface area contributed by atoms with Crippen molar-refractivity contribution < 1.29 is 9.90 Å². The number of carbonyl (C=O) groups is 1. The van der Waals surface area contributed by atoms with Crippen LogP contribution in [0.4, 0.5) is 0 Å². The Morgan fingerprint density at radius 2 is 2.25 bits per heavy atom. The Kier molecular flexibility index (Phi) is 3.96. The van der Waals surface area contributed by atoms with Gasteiger partial charge in [0.15, 0.2) is 0 Å². The number of carboxylic acids is 1. The van der Waals surface area contributed by atoms with Crippen LogP contribution in [-0.2, 0) is 4.79 Å². The van der Waals surface area contributed by atoms with Crippen molar-refractivity contribution in [2.24, 2.45) is 5.41 Å². The van der Waals surface area contributed by atoms with Crippen LogP contribution in [0.2, 0.25) is 0 Å². The fourth-order valence-electron chi connectivity index (χ4n) is 0.575. The van der Waals surface area contributed by atoms with Crippen molar-refractivity contribution in [2.45, 2.75) is 26.8 Å². The summed E-state index contributed by atoms with van der Waals surface area (Å²) in [6.45, 7) is 9.37. The van der Waals surface area contributed by atoms with Gasteiger partial charge < -0.3 is 10.4 Å². The van der Waals surface area contributed by atoms with E-state index in [1.54, 1.807) is 19.9 Å². The lowest BCUT2D eigenvalue weighted by Gasteiger charge is -2.21. The highest BCUT2D eigenvalue weighted by Crippen LogP contribution is 2.13. The molecule has 0 amide bonds. The van der Waals surface area contributed by atoms with E-state index in [0.717, 1.165) is 0 Å². The summed E-state index contributed by atoms with van der Waals surface area (Å²) in [5, 5.41) is 11.8. The SMILES string of the molecule is C=CC(C)NCC(C)(C)C(=O)O. The van der Waals surface area contributed by atoms with E-state index in [2.05, 4.69) is 11.9 Å². The van der Waals surface area contributed by atoms with Gasteiger partial charge in [-0.15, -0.1) is 6.58 Å². The Balaban J connectivity index is 3.91. The lowest BCUT2D eigenvalue weighted by molar-refractivity contribution is -0.146. The highest BCUT2D eigenvalue weighted by atomic mass is 16.4. The maximum absolute atomic E-state index is 10.7. The Hall–Kier alpha value is -0.830. The van der Waals surface area contributed by atoms with Crippen LogP contribution < -0.4 is 5.32 Å². The smallest absolute Gasteiger partial charge is 0.310 e. The molecule has 0 aromatic carbocycles. The second kappa shape index (κ2) is 4.26. The zero-order valence-electron chi connectivity index (χ0n) is 7.92. The standard InChI is InChI=1S/C9H17NO2/c1-5-7(2)10-6-9(3,4)8(11)12/h5,7,10H,1,6H2,2-4H3,(H,11,12). The molecule has 0 saturated carbocycles. The molecule has 2 N–H and O–H groups in total. The van der Waals surface area contributed by atoms with E-state index in [1.807, 2.05) is 6.92 Å². The summed E-state index contributed by atoms with van der Waals surface area (Å²) >= 11 is 0. The Morgan fingerprint density at radius 3 is 2.58 bits per heavy atom. The van der Waals surface area contributed by atoms with Crippen molar-refractivity contribution in [1.29, 1.82) is 0 Å². The minimum absolute atomic E-state index is 0.156. The zero-order chi connectivity index (χ0) is 9.78. The minimum atomic E-state index is -0.786. The molecule has 0 aliphatic rings. The van der Waals surface area contributed by atoms with Crippen LogP contribution in [0, 0.1) is 5.41 Å². The van der Waals surface area contributed by atoms with Crippen molar-refractivity contribution >= 4 is 5.97 Å². The van der Waals surface area contributed by atoms with Crippen LogP contribution in [0.3, 0.4) is 0 Å². The normalized spacial score (nSPS) is 13.9. The maximum atomic E-state index is 10.7. The average Bonchev–Trinajstić information content (AvgIpc) is 2.00. The van der Waals surface area contributed by atoms with E-state index in [0.29, 0.717) is 6.54 Å². The number of hydrogen-bond donors (Lipinski definition) is 2. The highest BCUT2D eigenvalue weighted by molar-refractivity contribution is 5.73. The molecule has 0 fully saturated rings. The van der Waals surface area contributed by atoms with Gasteiger partial charge in [-0.25, -0.2) is 0 Å². The Bertz CT molecular complexity index is 175. The Morgan fingerprint density at radius 1 is 1.75 bits per heavy atom. The quantitative estimate of drug-likeness (QED) is 0.612. The largest absolute Gasteiger partial charge is 0.481 e. The molecule has 0 aliphatic carbocycles. The van der Waals surface area contributed by atoms with E-state index in [-0.39, 0.29) is 6.04 Å². The number of hydrogen-bond acceptors (Lipinski definition) is 2. The van der Waals surface area contributed by atoms with Crippen LogP contribution in [0.5, 0.6) is 0 Å². The fourth-order valence-corrected chi connectivity index (χ4v) is 0.575. The number of rotatable bonds is 5. The van der Waals surface area contributed by atoms with Crippen LogP contribution in [0.25, 0.3) is 0 Å². The molecule has 0 aliphatic heterocycles. The molecule has 0 heterocycles. The monoisotopic (exact) mass is 171 g/mol. The van der Waals surface area contributed by atoms with Gasteiger partial charge in [-0.05, 0) is 20.8 Å². The number of carboxylic acid groups (broad SMARTS) is 1. The molecule has 0 spiro atoms. The topological polar surface area (TPSA) is 49.3 Å². The van der Waals surface area contributed by atoms with Crippen molar-refractivity contribution in [3.05, 3.63) is 12.7 Å². The lowest BCUT2D eigenvalue weighted by atomic mass is 9.93. The van der Waals surface area contributed by atoms with Crippen LogP contribution in [-0.4, -0.2) is 23.7 Å². The summed E-state index contributed by atoms with van der Waals surface area (Å²) in [5.41, 5.74) is -0.711. The van der Waals surface area contributed by atoms with E-state index in [4.69, 9.17) is 5.11 Å². The molecule has 3 nitrogen and oxygen atoms in total. The predicted octanol–water partition coefficient (Wildman–Crippen LogP) is 1.26. The van der Waals surface area contributed by atoms with E-state index in [1.165, 1.54) is 0 Å². The first-order valence-electron chi connectivity index (χ1n) is 3.99. The second-order valence-corrected chi connectivity index (χ2v) is 3.59. The van der Waals surface area contributed by atoms with Crippen LogP contribution in [0.15, 0.2) is 12.7 Å². The van der Waals surface area contributed by atoms with E-state index < -0.39 is 11.4 Å². The van der Waals surface area contributed by atoms with E-state index >= 15 is 0 Å². The molecule has 0 aromatic rings. The summed E-state index contributed by atoms with van der Waals surface area (Å²) in [7, 11) is 0. The fraction of sp³-hybridized carbons (Fsp3) is 0.667. The molecular formula is C9H17NO2. The van der Waals surface area contributed by atoms with E-state index in [9.17, 15) is 4.79 Å². The number of aliphatic carboxylic acids is 1.